The maximum absolute atomic E-state index is 11.9. The molecule has 2 heteroatoms. The Bertz CT molecular complexity index is 350. The zero-order chi connectivity index (χ0) is 12.8. The van der Waals surface area contributed by atoms with E-state index in [1.807, 2.05) is 19.9 Å². The fourth-order valence-electron chi connectivity index (χ4n) is 2.34. The van der Waals surface area contributed by atoms with E-state index in [1.54, 1.807) is 6.08 Å². The molecular formula is C15H22O2. The van der Waals surface area contributed by atoms with Gasteiger partial charge in [0.2, 0.25) is 0 Å². The van der Waals surface area contributed by atoms with Gasteiger partial charge in [-0.1, -0.05) is 18.6 Å². The van der Waals surface area contributed by atoms with Gasteiger partial charge in [-0.15, -0.1) is 0 Å². The van der Waals surface area contributed by atoms with Crippen LogP contribution in [0.25, 0.3) is 0 Å². The van der Waals surface area contributed by atoms with Crippen LogP contribution in [0, 0.1) is 11.8 Å². The molecule has 2 atom stereocenters. The Hall–Kier alpha value is -1.18. The molecule has 0 aromatic heterocycles. The molecule has 0 aromatic rings. The minimum Gasteiger partial charge on any atom is -0.298 e. The fraction of sp³-hybridized carbons (Fsp3) is 0.600. The maximum atomic E-state index is 11.9. The zero-order valence-corrected chi connectivity index (χ0v) is 11.0. The molecule has 1 aliphatic rings. The molecule has 0 radical (unpaired) electrons. The Morgan fingerprint density at radius 1 is 1.59 bits per heavy atom. The summed E-state index contributed by atoms with van der Waals surface area (Å²) in [6, 6.07) is 0. The second kappa shape index (κ2) is 6.53. The largest absolute Gasteiger partial charge is 0.298 e. The average molecular weight is 234 g/mol. The van der Waals surface area contributed by atoms with Crippen LogP contribution in [0.1, 0.15) is 46.5 Å². The molecule has 2 unspecified atom stereocenters. The third-order valence-corrected chi connectivity index (χ3v) is 3.56. The first-order chi connectivity index (χ1) is 8.04. The predicted octanol–water partition coefficient (Wildman–Crippen LogP) is 3.47. The van der Waals surface area contributed by atoms with E-state index in [2.05, 4.69) is 6.92 Å². The van der Waals surface area contributed by atoms with E-state index in [0.29, 0.717) is 5.92 Å². The van der Waals surface area contributed by atoms with Crippen molar-refractivity contribution < 1.29 is 9.59 Å². The topological polar surface area (TPSA) is 34.1 Å². The molecular weight excluding hydrogens is 212 g/mol. The summed E-state index contributed by atoms with van der Waals surface area (Å²) >= 11 is 0. The number of carbonyl (C=O) groups is 2. The average Bonchev–Trinajstić information content (AvgIpc) is 2.28. The molecule has 94 valence electrons. The lowest BCUT2D eigenvalue weighted by atomic mass is 9.79. The molecule has 1 rings (SSSR count). The monoisotopic (exact) mass is 234 g/mol. The number of ketones is 1. The summed E-state index contributed by atoms with van der Waals surface area (Å²) in [6.45, 7) is 5.98. The van der Waals surface area contributed by atoms with Gasteiger partial charge in [0.05, 0.1) is 0 Å². The number of carbonyl (C=O) groups excluding carboxylic acids is 2. The Kier molecular flexibility index (Phi) is 5.33. The number of hydrogen-bond acceptors (Lipinski definition) is 2. The van der Waals surface area contributed by atoms with Crippen LogP contribution in [0.2, 0.25) is 0 Å². The van der Waals surface area contributed by atoms with Crippen molar-refractivity contribution in [3.63, 3.8) is 0 Å². The first-order valence-corrected chi connectivity index (χ1v) is 6.37. The lowest BCUT2D eigenvalue weighted by Crippen LogP contribution is -2.23. The van der Waals surface area contributed by atoms with Crippen molar-refractivity contribution in [1.82, 2.24) is 0 Å². The van der Waals surface area contributed by atoms with Crippen LogP contribution in [-0.2, 0) is 9.59 Å². The highest BCUT2D eigenvalue weighted by molar-refractivity contribution is 5.93. The van der Waals surface area contributed by atoms with Crippen LogP contribution in [-0.4, -0.2) is 12.1 Å². The quantitative estimate of drug-likeness (QED) is 0.539. The van der Waals surface area contributed by atoms with Gasteiger partial charge in [-0.05, 0) is 57.1 Å². The molecule has 0 aliphatic heterocycles. The van der Waals surface area contributed by atoms with Crippen molar-refractivity contribution in [2.45, 2.75) is 46.5 Å². The summed E-state index contributed by atoms with van der Waals surface area (Å²) in [7, 11) is 0. The molecule has 0 bridgehead atoms. The lowest BCUT2D eigenvalue weighted by molar-refractivity contribution is -0.120. The highest BCUT2D eigenvalue weighted by Crippen LogP contribution is 2.29. The van der Waals surface area contributed by atoms with Gasteiger partial charge in [-0.25, -0.2) is 0 Å². The van der Waals surface area contributed by atoms with Gasteiger partial charge in [0.25, 0.3) is 0 Å². The molecule has 0 saturated heterocycles. The predicted molar refractivity (Wildman–Crippen MR) is 69.7 cm³/mol. The van der Waals surface area contributed by atoms with Crippen LogP contribution < -0.4 is 0 Å². The fourth-order valence-corrected chi connectivity index (χ4v) is 2.34. The smallest absolute Gasteiger partial charge is 0.158 e. The first kappa shape index (κ1) is 13.9. The Morgan fingerprint density at radius 3 is 2.88 bits per heavy atom. The lowest BCUT2D eigenvalue weighted by Gasteiger charge is -2.25. The van der Waals surface area contributed by atoms with E-state index in [4.69, 9.17) is 0 Å². The van der Waals surface area contributed by atoms with Crippen LogP contribution >= 0.6 is 0 Å². The normalized spacial score (nSPS) is 23.2. The highest BCUT2D eigenvalue weighted by Gasteiger charge is 2.25. The van der Waals surface area contributed by atoms with Crippen LogP contribution in [0.15, 0.2) is 23.3 Å². The number of aldehydes is 1. The van der Waals surface area contributed by atoms with Gasteiger partial charge < -0.3 is 0 Å². The molecule has 0 spiro atoms. The van der Waals surface area contributed by atoms with Crippen molar-refractivity contribution >= 4 is 12.1 Å². The molecule has 17 heavy (non-hydrogen) atoms. The van der Waals surface area contributed by atoms with E-state index in [-0.39, 0.29) is 11.7 Å². The number of hydrogen-bond donors (Lipinski definition) is 0. The Labute approximate surface area is 104 Å². The Morgan fingerprint density at radius 2 is 2.29 bits per heavy atom. The first-order valence-electron chi connectivity index (χ1n) is 6.37. The van der Waals surface area contributed by atoms with Crippen LogP contribution in [0.4, 0.5) is 0 Å². The van der Waals surface area contributed by atoms with Gasteiger partial charge >= 0.3 is 0 Å². The minimum atomic E-state index is 0.184. The van der Waals surface area contributed by atoms with Crippen LogP contribution in [0.3, 0.4) is 0 Å². The van der Waals surface area contributed by atoms with Crippen molar-refractivity contribution in [3.05, 3.63) is 23.3 Å². The second-order valence-electron chi connectivity index (χ2n) is 5.16. The summed E-state index contributed by atoms with van der Waals surface area (Å²) in [5.74, 6) is 0.878. The SMILES string of the molecule is CC1=CC(=O)C(C(C)CC/C=C(\C)C=O)CC1. The second-order valence-corrected chi connectivity index (χ2v) is 5.16. The summed E-state index contributed by atoms with van der Waals surface area (Å²) in [4.78, 5) is 22.3. The summed E-state index contributed by atoms with van der Waals surface area (Å²) in [5.41, 5.74) is 1.98. The van der Waals surface area contributed by atoms with E-state index < -0.39 is 0 Å². The van der Waals surface area contributed by atoms with Gasteiger partial charge in [0.15, 0.2) is 5.78 Å². The van der Waals surface area contributed by atoms with Crippen molar-refractivity contribution in [2.75, 3.05) is 0 Å². The van der Waals surface area contributed by atoms with E-state index in [1.165, 1.54) is 5.57 Å². The number of rotatable bonds is 5. The molecule has 2 nitrogen and oxygen atoms in total. The number of allylic oxidation sites excluding steroid dienone is 4. The minimum absolute atomic E-state index is 0.184. The Balaban J connectivity index is 2.46. The standard InChI is InChI=1S/C15H22O2/c1-11-7-8-14(15(17)9-11)13(3)6-4-5-12(2)10-16/h5,9-10,13-14H,4,6-8H2,1-3H3/b12-5+. The molecule has 0 aromatic carbocycles. The molecule has 1 aliphatic carbocycles. The van der Waals surface area contributed by atoms with E-state index in [9.17, 15) is 9.59 Å². The third kappa shape index (κ3) is 4.29. The summed E-state index contributed by atoms with van der Waals surface area (Å²) in [6.07, 6.45) is 8.53. The van der Waals surface area contributed by atoms with E-state index >= 15 is 0 Å². The van der Waals surface area contributed by atoms with Gasteiger partial charge in [-0.2, -0.15) is 0 Å². The summed E-state index contributed by atoms with van der Waals surface area (Å²) < 4.78 is 0. The molecule has 0 heterocycles. The van der Waals surface area contributed by atoms with Crippen LogP contribution in [0.5, 0.6) is 0 Å². The van der Waals surface area contributed by atoms with Crippen molar-refractivity contribution in [3.8, 4) is 0 Å². The molecule has 0 saturated carbocycles. The zero-order valence-electron chi connectivity index (χ0n) is 11.0. The molecule has 0 N–H and O–H groups in total. The molecule has 0 amide bonds. The third-order valence-electron chi connectivity index (χ3n) is 3.56. The highest BCUT2D eigenvalue weighted by atomic mass is 16.1. The van der Waals surface area contributed by atoms with Crippen molar-refractivity contribution in [1.29, 1.82) is 0 Å². The maximum Gasteiger partial charge on any atom is 0.158 e. The van der Waals surface area contributed by atoms with E-state index in [0.717, 1.165) is 37.5 Å². The molecule has 0 fully saturated rings. The van der Waals surface area contributed by atoms with Gasteiger partial charge in [0, 0.05) is 5.92 Å². The van der Waals surface area contributed by atoms with Crippen molar-refractivity contribution in [2.24, 2.45) is 11.8 Å². The van der Waals surface area contributed by atoms with Gasteiger partial charge in [-0.3, -0.25) is 9.59 Å². The summed E-state index contributed by atoms with van der Waals surface area (Å²) in [5, 5.41) is 0. The van der Waals surface area contributed by atoms with Gasteiger partial charge in [0.1, 0.15) is 6.29 Å².